The van der Waals surface area contributed by atoms with Gasteiger partial charge in [-0.05, 0) is 63.1 Å². The number of likely N-dealkylation sites (tertiary alicyclic amines) is 1. The van der Waals surface area contributed by atoms with Crippen LogP contribution in [0.25, 0.3) is 0 Å². The lowest BCUT2D eigenvalue weighted by Crippen LogP contribution is -2.45. The van der Waals surface area contributed by atoms with Crippen LogP contribution in [-0.2, 0) is 16.6 Å². The van der Waals surface area contributed by atoms with E-state index in [2.05, 4.69) is 45.6 Å². The van der Waals surface area contributed by atoms with Gasteiger partial charge in [-0.2, -0.15) is 0 Å². The maximum atomic E-state index is 13.4. The Hall–Kier alpha value is -2.37. The lowest BCUT2D eigenvalue weighted by Gasteiger charge is -2.35. The normalized spacial score (nSPS) is 21.0. The van der Waals surface area contributed by atoms with Gasteiger partial charge in [-0.3, -0.25) is 4.79 Å². The molecule has 2 aliphatic rings. The molecule has 28 heavy (non-hydrogen) atoms. The van der Waals surface area contributed by atoms with Crippen LogP contribution in [0.2, 0.25) is 0 Å². The molecule has 1 aliphatic carbocycles. The molecule has 2 aromatic rings. The van der Waals surface area contributed by atoms with Crippen LogP contribution in [0.5, 0.6) is 5.75 Å². The molecule has 150 valence electrons. The third-order valence-electron chi connectivity index (χ3n) is 6.28. The summed E-state index contributed by atoms with van der Waals surface area (Å²) in [6, 6.07) is 8.38. The zero-order valence-corrected chi connectivity index (χ0v) is 17.1. The number of ether oxygens (including phenoxy) is 1. The molecule has 1 unspecified atom stereocenters. The molecule has 1 amide bonds. The standard InChI is InChI=1S/C22H30N4O2/c1-16(2)26-15-23-24-20(26)13-17-5-4-12-25(14-17)21(27)22(10-11-22)18-6-8-19(28-3)9-7-18/h6-9,15-17H,4-5,10-14H2,1-3H3. The fourth-order valence-corrected chi connectivity index (χ4v) is 4.48. The molecule has 0 spiro atoms. The van der Waals surface area contributed by atoms with Gasteiger partial charge in [-0.1, -0.05) is 12.1 Å². The first kappa shape index (κ1) is 19.0. The van der Waals surface area contributed by atoms with E-state index < -0.39 is 0 Å². The molecule has 1 aromatic heterocycles. The van der Waals surface area contributed by atoms with Gasteiger partial charge in [0.05, 0.1) is 12.5 Å². The highest BCUT2D eigenvalue weighted by atomic mass is 16.5. The monoisotopic (exact) mass is 382 g/mol. The first-order valence-electron chi connectivity index (χ1n) is 10.4. The van der Waals surface area contributed by atoms with Crippen molar-refractivity contribution in [1.82, 2.24) is 19.7 Å². The molecule has 1 aromatic carbocycles. The summed E-state index contributed by atoms with van der Waals surface area (Å²) in [4.78, 5) is 15.5. The summed E-state index contributed by atoms with van der Waals surface area (Å²) in [7, 11) is 1.67. The van der Waals surface area contributed by atoms with Crippen molar-refractivity contribution < 1.29 is 9.53 Å². The Morgan fingerprint density at radius 3 is 2.68 bits per heavy atom. The fourth-order valence-electron chi connectivity index (χ4n) is 4.48. The van der Waals surface area contributed by atoms with Crippen molar-refractivity contribution in [1.29, 1.82) is 0 Å². The van der Waals surface area contributed by atoms with Gasteiger partial charge in [-0.25, -0.2) is 0 Å². The molecule has 0 N–H and O–H groups in total. The molecule has 2 heterocycles. The SMILES string of the molecule is COc1ccc(C2(C(=O)N3CCCC(Cc4nncn4C(C)C)C3)CC2)cc1. The Morgan fingerprint density at radius 1 is 1.29 bits per heavy atom. The Labute approximate surface area is 166 Å². The number of amides is 1. The van der Waals surface area contributed by atoms with Crippen LogP contribution in [0.4, 0.5) is 0 Å². The first-order chi connectivity index (χ1) is 13.5. The number of aromatic nitrogens is 3. The molecule has 4 rings (SSSR count). The first-order valence-corrected chi connectivity index (χ1v) is 10.4. The topological polar surface area (TPSA) is 60.2 Å². The predicted molar refractivity (Wildman–Crippen MR) is 107 cm³/mol. The smallest absolute Gasteiger partial charge is 0.233 e. The van der Waals surface area contributed by atoms with E-state index in [0.29, 0.717) is 17.9 Å². The summed E-state index contributed by atoms with van der Waals surface area (Å²) >= 11 is 0. The van der Waals surface area contributed by atoms with Crippen molar-refractivity contribution in [2.75, 3.05) is 20.2 Å². The molecular formula is C22H30N4O2. The van der Waals surface area contributed by atoms with Gasteiger partial charge in [-0.15, -0.1) is 10.2 Å². The van der Waals surface area contributed by atoms with Crippen LogP contribution in [0.3, 0.4) is 0 Å². The van der Waals surface area contributed by atoms with Crippen molar-refractivity contribution in [2.24, 2.45) is 5.92 Å². The molecule has 1 aliphatic heterocycles. The maximum absolute atomic E-state index is 13.4. The minimum absolute atomic E-state index is 0.299. The average molecular weight is 383 g/mol. The highest BCUT2D eigenvalue weighted by Gasteiger charge is 2.53. The number of rotatable bonds is 6. The summed E-state index contributed by atoms with van der Waals surface area (Å²) in [5.74, 6) is 2.61. The number of piperidine rings is 1. The van der Waals surface area contributed by atoms with Crippen LogP contribution < -0.4 is 4.74 Å². The van der Waals surface area contributed by atoms with E-state index in [-0.39, 0.29) is 5.41 Å². The predicted octanol–water partition coefficient (Wildman–Crippen LogP) is 3.38. The summed E-state index contributed by atoms with van der Waals surface area (Å²) in [5.41, 5.74) is 0.812. The largest absolute Gasteiger partial charge is 0.497 e. The molecule has 6 nitrogen and oxygen atoms in total. The Bertz CT molecular complexity index is 823. The van der Waals surface area contributed by atoms with E-state index in [0.717, 1.165) is 62.3 Å². The number of methoxy groups -OCH3 is 1. The lowest BCUT2D eigenvalue weighted by molar-refractivity contribution is -0.135. The molecule has 2 fully saturated rings. The number of carbonyl (C=O) groups excluding carboxylic acids is 1. The Kier molecular flexibility index (Phi) is 5.13. The molecule has 6 heteroatoms. The summed E-state index contributed by atoms with van der Waals surface area (Å²) < 4.78 is 7.40. The van der Waals surface area contributed by atoms with E-state index in [1.54, 1.807) is 7.11 Å². The lowest BCUT2D eigenvalue weighted by atomic mass is 9.90. The molecule has 0 radical (unpaired) electrons. The van der Waals surface area contributed by atoms with Crippen molar-refractivity contribution in [2.45, 2.75) is 57.4 Å². The maximum Gasteiger partial charge on any atom is 0.233 e. The second-order valence-corrected chi connectivity index (χ2v) is 8.52. The van der Waals surface area contributed by atoms with Crippen LogP contribution in [0, 0.1) is 5.92 Å². The third kappa shape index (κ3) is 3.52. The Balaban J connectivity index is 1.45. The second-order valence-electron chi connectivity index (χ2n) is 8.52. The van der Waals surface area contributed by atoms with Gasteiger partial charge >= 0.3 is 0 Å². The van der Waals surface area contributed by atoms with E-state index in [9.17, 15) is 4.79 Å². The van der Waals surface area contributed by atoms with E-state index in [1.807, 2.05) is 18.5 Å². The van der Waals surface area contributed by atoms with Crippen LogP contribution in [-0.4, -0.2) is 45.8 Å². The third-order valence-corrected chi connectivity index (χ3v) is 6.28. The number of hydrogen-bond acceptors (Lipinski definition) is 4. The quantitative estimate of drug-likeness (QED) is 0.768. The zero-order valence-electron chi connectivity index (χ0n) is 17.1. The summed E-state index contributed by atoms with van der Waals surface area (Å²) in [6.07, 6.45) is 6.79. The van der Waals surface area contributed by atoms with E-state index >= 15 is 0 Å². The van der Waals surface area contributed by atoms with Crippen LogP contribution in [0.15, 0.2) is 30.6 Å². The van der Waals surface area contributed by atoms with Crippen molar-refractivity contribution in [3.8, 4) is 5.75 Å². The minimum Gasteiger partial charge on any atom is -0.497 e. The second kappa shape index (κ2) is 7.57. The highest BCUT2D eigenvalue weighted by molar-refractivity contribution is 5.91. The molecular weight excluding hydrogens is 352 g/mol. The number of hydrogen-bond donors (Lipinski definition) is 0. The number of carbonyl (C=O) groups is 1. The molecule has 0 bridgehead atoms. The van der Waals surface area contributed by atoms with Crippen LogP contribution >= 0.6 is 0 Å². The average Bonchev–Trinajstić information content (AvgIpc) is 3.40. The van der Waals surface area contributed by atoms with Crippen molar-refractivity contribution >= 4 is 5.91 Å². The van der Waals surface area contributed by atoms with Gasteiger partial charge in [0.2, 0.25) is 5.91 Å². The number of nitrogens with zero attached hydrogens (tertiary/aromatic N) is 4. The zero-order chi connectivity index (χ0) is 19.7. The summed E-state index contributed by atoms with van der Waals surface area (Å²) in [6.45, 7) is 5.98. The van der Waals surface area contributed by atoms with Gasteiger partial charge in [0, 0.05) is 25.6 Å². The van der Waals surface area contributed by atoms with E-state index in [4.69, 9.17) is 4.74 Å². The Morgan fingerprint density at radius 2 is 2.04 bits per heavy atom. The molecule has 1 saturated carbocycles. The minimum atomic E-state index is -0.313. The van der Waals surface area contributed by atoms with Crippen LogP contribution in [0.1, 0.15) is 57.0 Å². The van der Waals surface area contributed by atoms with Gasteiger partial charge in [0.15, 0.2) is 0 Å². The highest BCUT2D eigenvalue weighted by Crippen LogP contribution is 2.50. The molecule has 1 atom stereocenters. The fraction of sp³-hybridized carbons (Fsp3) is 0.591. The van der Waals surface area contributed by atoms with Gasteiger partial charge in [0.1, 0.15) is 17.9 Å². The number of benzene rings is 1. The van der Waals surface area contributed by atoms with Crippen molar-refractivity contribution in [3.05, 3.63) is 42.0 Å². The van der Waals surface area contributed by atoms with Crippen molar-refractivity contribution in [3.63, 3.8) is 0 Å². The van der Waals surface area contributed by atoms with E-state index in [1.165, 1.54) is 0 Å². The van der Waals surface area contributed by atoms with Gasteiger partial charge in [0.25, 0.3) is 0 Å². The molecule has 1 saturated heterocycles. The van der Waals surface area contributed by atoms with Gasteiger partial charge < -0.3 is 14.2 Å². The summed E-state index contributed by atoms with van der Waals surface area (Å²) in [5, 5.41) is 8.41.